The van der Waals surface area contributed by atoms with E-state index in [1.54, 1.807) is 12.1 Å². The van der Waals surface area contributed by atoms with Gasteiger partial charge < -0.3 is 5.73 Å². The molecule has 1 amide bonds. The molecule has 0 bridgehead atoms. The van der Waals surface area contributed by atoms with E-state index in [1.807, 2.05) is 30.3 Å². The van der Waals surface area contributed by atoms with E-state index in [1.165, 1.54) is 5.56 Å². The van der Waals surface area contributed by atoms with Crippen LogP contribution in [0.4, 0.5) is 0 Å². The van der Waals surface area contributed by atoms with Crippen LogP contribution in [0.5, 0.6) is 0 Å². The molecule has 3 nitrogen and oxygen atoms in total. The van der Waals surface area contributed by atoms with Crippen LogP contribution < -0.4 is 5.73 Å². The number of primary amides is 1. The fourth-order valence-electron chi connectivity index (χ4n) is 1.23. The van der Waals surface area contributed by atoms with Crippen molar-refractivity contribution in [1.82, 2.24) is 0 Å². The van der Waals surface area contributed by atoms with Gasteiger partial charge in [0, 0.05) is 0 Å². The first-order valence-electron chi connectivity index (χ1n) is 4.68. The number of benzene rings is 1. The molecule has 76 valence electrons. The summed E-state index contributed by atoms with van der Waals surface area (Å²) >= 11 is 0. The third-order valence-corrected chi connectivity index (χ3v) is 2.01. The highest BCUT2D eigenvalue weighted by Crippen LogP contribution is 2.04. The number of hydrogen-bond donors (Lipinski definition) is 1. The molecule has 1 aromatic carbocycles. The molecule has 0 aliphatic carbocycles. The third kappa shape index (κ3) is 3.65. The van der Waals surface area contributed by atoms with Crippen molar-refractivity contribution >= 4 is 5.91 Å². The second-order valence-corrected chi connectivity index (χ2v) is 3.12. The second-order valence-electron chi connectivity index (χ2n) is 3.12. The van der Waals surface area contributed by atoms with Crippen molar-refractivity contribution < 1.29 is 4.79 Å². The molecular weight excluding hydrogens is 188 g/mol. The molecule has 3 heteroatoms. The van der Waals surface area contributed by atoms with Gasteiger partial charge in [0.1, 0.15) is 11.6 Å². The summed E-state index contributed by atoms with van der Waals surface area (Å²) < 4.78 is 0. The number of amides is 1. The van der Waals surface area contributed by atoms with E-state index < -0.39 is 5.91 Å². The van der Waals surface area contributed by atoms with Crippen LogP contribution in [0.2, 0.25) is 0 Å². The van der Waals surface area contributed by atoms with Crippen LogP contribution in [-0.4, -0.2) is 5.91 Å². The fourth-order valence-corrected chi connectivity index (χ4v) is 1.23. The zero-order valence-electron chi connectivity index (χ0n) is 8.31. The Kier molecular flexibility index (Phi) is 4.11. The maximum atomic E-state index is 10.7. The molecule has 0 aliphatic heterocycles. The van der Waals surface area contributed by atoms with Gasteiger partial charge in [-0.3, -0.25) is 4.79 Å². The van der Waals surface area contributed by atoms with E-state index in [2.05, 4.69) is 0 Å². The normalized spacial score (nSPS) is 10.7. The van der Waals surface area contributed by atoms with E-state index in [4.69, 9.17) is 11.0 Å². The Bertz CT molecular complexity index is 401. The standard InChI is InChI=1S/C12H12N2O/c13-9-11(12(14)15)8-4-7-10-5-2-1-3-6-10/h1-3,5-6,8H,4,7H2,(H2,14,15)/b11-8+. The highest BCUT2D eigenvalue weighted by Gasteiger charge is 2.01. The minimum atomic E-state index is -0.662. The van der Waals surface area contributed by atoms with Crippen LogP contribution in [0.3, 0.4) is 0 Å². The average Bonchev–Trinajstić information content (AvgIpc) is 2.25. The van der Waals surface area contributed by atoms with Crippen molar-refractivity contribution in [3.63, 3.8) is 0 Å². The number of nitriles is 1. The predicted octanol–water partition coefficient (Wildman–Crippen LogP) is 1.55. The van der Waals surface area contributed by atoms with E-state index in [0.29, 0.717) is 6.42 Å². The molecule has 0 heterocycles. The summed E-state index contributed by atoms with van der Waals surface area (Å²) in [5.41, 5.74) is 6.21. The van der Waals surface area contributed by atoms with Crippen LogP contribution in [0.1, 0.15) is 12.0 Å². The van der Waals surface area contributed by atoms with Gasteiger partial charge in [0.25, 0.3) is 5.91 Å². The minimum Gasteiger partial charge on any atom is -0.365 e. The lowest BCUT2D eigenvalue weighted by molar-refractivity contribution is -0.114. The topological polar surface area (TPSA) is 66.9 Å². The molecule has 0 unspecified atom stereocenters. The minimum absolute atomic E-state index is 0.0333. The Balaban J connectivity index is 2.52. The highest BCUT2D eigenvalue weighted by atomic mass is 16.1. The summed E-state index contributed by atoms with van der Waals surface area (Å²) in [7, 11) is 0. The van der Waals surface area contributed by atoms with Crippen LogP contribution >= 0.6 is 0 Å². The molecule has 1 rings (SSSR count). The monoisotopic (exact) mass is 200 g/mol. The SMILES string of the molecule is N#C/C(=C\CCc1ccccc1)C(N)=O. The van der Waals surface area contributed by atoms with Gasteiger partial charge in [-0.25, -0.2) is 0 Å². The summed E-state index contributed by atoms with van der Waals surface area (Å²) in [6, 6.07) is 11.6. The van der Waals surface area contributed by atoms with Gasteiger partial charge in [-0.2, -0.15) is 5.26 Å². The van der Waals surface area contributed by atoms with Crippen LogP contribution in [0.25, 0.3) is 0 Å². The molecule has 1 aromatic rings. The first-order valence-corrected chi connectivity index (χ1v) is 4.68. The Morgan fingerprint density at radius 2 is 2.07 bits per heavy atom. The third-order valence-electron chi connectivity index (χ3n) is 2.01. The van der Waals surface area contributed by atoms with Gasteiger partial charge in [-0.1, -0.05) is 36.4 Å². The first kappa shape index (κ1) is 11.0. The zero-order valence-corrected chi connectivity index (χ0v) is 8.31. The number of allylic oxidation sites excluding steroid dienone is 1. The summed E-state index contributed by atoms with van der Waals surface area (Å²) in [5.74, 6) is -0.662. The van der Waals surface area contributed by atoms with Gasteiger partial charge in [0.2, 0.25) is 0 Å². The van der Waals surface area contributed by atoms with Gasteiger partial charge in [0.15, 0.2) is 0 Å². The fraction of sp³-hybridized carbons (Fsp3) is 0.167. The number of aryl methyl sites for hydroxylation is 1. The highest BCUT2D eigenvalue weighted by molar-refractivity contribution is 5.95. The van der Waals surface area contributed by atoms with E-state index >= 15 is 0 Å². The molecule has 0 radical (unpaired) electrons. The molecule has 0 saturated carbocycles. The molecular formula is C12H12N2O. The van der Waals surface area contributed by atoms with Gasteiger partial charge in [0.05, 0.1) is 0 Å². The average molecular weight is 200 g/mol. The first-order chi connectivity index (χ1) is 7.24. The van der Waals surface area contributed by atoms with Crippen LogP contribution in [-0.2, 0) is 11.2 Å². The van der Waals surface area contributed by atoms with Crippen LogP contribution in [0.15, 0.2) is 42.0 Å². The Morgan fingerprint density at radius 3 is 2.60 bits per heavy atom. The number of carbonyl (C=O) groups is 1. The molecule has 0 saturated heterocycles. The zero-order chi connectivity index (χ0) is 11.1. The number of hydrogen-bond acceptors (Lipinski definition) is 2. The maximum Gasteiger partial charge on any atom is 0.259 e. The van der Waals surface area contributed by atoms with Crippen molar-refractivity contribution in [1.29, 1.82) is 5.26 Å². The second kappa shape index (κ2) is 5.61. The summed E-state index contributed by atoms with van der Waals surface area (Å²) in [6.07, 6.45) is 3.03. The number of nitrogens with two attached hydrogens (primary N) is 1. The number of carbonyl (C=O) groups excluding carboxylic acids is 1. The molecule has 0 spiro atoms. The van der Waals surface area contributed by atoms with Crippen molar-refractivity contribution in [2.45, 2.75) is 12.8 Å². The summed E-state index contributed by atoms with van der Waals surface area (Å²) in [4.78, 5) is 10.7. The molecule has 0 aromatic heterocycles. The summed E-state index contributed by atoms with van der Waals surface area (Å²) in [5, 5.41) is 8.57. The van der Waals surface area contributed by atoms with E-state index in [0.717, 1.165) is 6.42 Å². The van der Waals surface area contributed by atoms with Crippen molar-refractivity contribution in [2.24, 2.45) is 5.73 Å². The van der Waals surface area contributed by atoms with Gasteiger partial charge in [-0.15, -0.1) is 0 Å². The number of nitrogens with zero attached hydrogens (tertiary/aromatic N) is 1. The maximum absolute atomic E-state index is 10.7. The van der Waals surface area contributed by atoms with Gasteiger partial charge >= 0.3 is 0 Å². The largest absolute Gasteiger partial charge is 0.365 e. The van der Waals surface area contributed by atoms with Crippen molar-refractivity contribution in [3.05, 3.63) is 47.5 Å². The van der Waals surface area contributed by atoms with Crippen molar-refractivity contribution in [2.75, 3.05) is 0 Å². The van der Waals surface area contributed by atoms with Crippen molar-refractivity contribution in [3.8, 4) is 6.07 Å². The Morgan fingerprint density at radius 1 is 1.40 bits per heavy atom. The lowest BCUT2D eigenvalue weighted by atomic mass is 10.1. The molecule has 0 fully saturated rings. The Labute approximate surface area is 88.8 Å². The predicted molar refractivity (Wildman–Crippen MR) is 57.7 cm³/mol. The number of rotatable bonds is 4. The Hall–Kier alpha value is -2.08. The molecule has 15 heavy (non-hydrogen) atoms. The lowest BCUT2D eigenvalue weighted by Gasteiger charge is -1.97. The molecule has 0 atom stereocenters. The quantitative estimate of drug-likeness (QED) is 0.592. The lowest BCUT2D eigenvalue weighted by Crippen LogP contribution is -2.12. The van der Waals surface area contributed by atoms with E-state index in [-0.39, 0.29) is 5.57 Å². The summed E-state index contributed by atoms with van der Waals surface area (Å²) in [6.45, 7) is 0. The van der Waals surface area contributed by atoms with E-state index in [9.17, 15) is 4.79 Å². The van der Waals surface area contributed by atoms with Gasteiger partial charge in [-0.05, 0) is 18.4 Å². The smallest absolute Gasteiger partial charge is 0.259 e. The van der Waals surface area contributed by atoms with Crippen LogP contribution in [0, 0.1) is 11.3 Å². The molecule has 0 aliphatic rings. The molecule has 2 N–H and O–H groups in total.